The molecule has 1 heterocycles. The lowest BCUT2D eigenvalue weighted by Crippen LogP contribution is -2.40. The van der Waals surface area contributed by atoms with Gasteiger partial charge < -0.3 is 15.2 Å². The fourth-order valence-corrected chi connectivity index (χ4v) is 3.85. The topological polar surface area (TPSA) is 41.5 Å². The zero-order valence-electron chi connectivity index (χ0n) is 11.3. The Hall–Kier alpha value is 0.230. The van der Waals surface area contributed by atoms with Gasteiger partial charge in [-0.3, -0.25) is 0 Å². The van der Waals surface area contributed by atoms with Crippen LogP contribution >= 0.6 is 11.8 Å². The van der Waals surface area contributed by atoms with E-state index in [1.807, 2.05) is 11.8 Å². The van der Waals surface area contributed by atoms with Gasteiger partial charge in [0.2, 0.25) is 0 Å². The van der Waals surface area contributed by atoms with Gasteiger partial charge in [-0.1, -0.05) is 19.3 Å². The summed E-state index contributed by atoms with van der Waals surface area (Å²) < 4.78 is 5.79. The summed E-state index contributed by atoms with van der Waals surface area (Å²) in [6, 6.07) is 0.591. The van der Waals surface area contributed by atoms with E-state index in [1.165, 1.54) is 56.5 Å². The van der Waals surface area contributed by atoms with Crippen molar-refractivity contribution in [2.24, 2.45) is 0 Å². The van der Waals surface area contributed by atoms with Crippen molar-refractivity contribution in [1.82, 2.24) is 5.32 Å². The zero-order valence-corrected chi connectivity index (χ0v) is 12.1. The Balaban J connectivity index is 1.52. The Morgan fingerprint density at radius 3 is 2.72 bits per heavy atom. The number of aliphatic hydroxyl groups excluding tert-OH is 1. The molecule has 1 saturated carbocycles. The van der Waals surface area contributed by atoms with Crippen LogP contribution < -0.4 is 5.32 Å². The lowest BCUT2D eigenvalue weighted by molar-refractivity contribution is -0.0235. The van der Waals surface area contributed by atoms with Gasteiger partial charge in [-0.2, -0.15) is 11.8 Å². The van der Waals surface area contributed by atoms with Crippen LogP contribution in [-0.2, 0) is 4.74 Å². The van der Waals surface area contributed by atoms with Gasteiger partial charge in [-0.05, 0) is 31.4 Å². The number of thioether (sulfide) groups is 1. The molecule has 0 aromatic carbocycles. The molecule has 2 unspecified atom stereocenters. The molecule has 0 aromatic rings. The third kappa shape index (κ3) is 5.47. The highest BCUT2D eigenvalue weighted by atomic mass is 32.2. The molecule has 2 N–H and O–H groups in total. The highest BCUT2D eigenvalue weighted by Gasteiger charge is 2.17. The van der Waals surface area contributed by atoms with Crippen molar-refractivity contribution in [1.29, 1.82) is 0 Å². The Morgan fingerprint density at radius 2 is 2.00 bits per heavy atom. The van der Waals surface area contributed by atoms with Crippen LogP contribution in [0.1, 0.15) is 44.9 Å². The SMILES string of the molecule is OC(CNC1CCCSC1)COC1CCCCC1. The fraction of sp³-hybridized carbons (Fsp3) is 1.00. The van der Waals surface area contributed by atoms with E-state index >= 15 is 0 Å². The molecule has 1 aliphatic carbocycles. The van der Waals surface area contributed by atoms with E-state index in [0.29, 0.717) is 25.3 Å². The summed E-state index contributed by atoms with van der Waals surface area (Å²) in [6.07, 6.45) is 8.90. The van der Waals surface area contributed by atoms with Crippen LogP contribution in [-0.4, -0.2) is 48.0 Å². The van der Waals surface area contributed by atoms with E-state index in [-0.39, 0.29) is 6.10 Å². The maximum atomic E-state index is 9.92. The number of nitrogens with one attached hydrogen (secondary N) is 1. The molecular weight excluding hydrogens is 246 g/mol. The van der Waals surface area contributed by atoms with Crippen molar-refractivity contribution in [3.05, 3.63) is 0 Å². The lowest BCUT2D eigenvalue weighted by atomic mass is 9.98. The summed E-state index contributed by atoms with van der Waals surface area (Å²) in [6.45, 7) is 1.18. The molecule has 0 spiro atoms. The molecule has 0 aromatic heterocycles. The average molecular weight is 273 g/mol. The summed E-state index contributed by atoms with van der Waals surface area (Å²) in [7, 11) is 0. The van der Waals surface area contributed by atoms with Crippen LogP contribution in [0.15, 0.2) is 0 Å². The third-order valence-electron chi connectivity index (χ3n) is 3.88. The third-order valence-corrected chi connectivity index (χ3v) is 5.09. The number of rotatable bonds is 6. The molecule has 2 rings (SSSR count). The van der Waals surface area contributed by atoms with Crippen LogP contribution in [0, 0.1) is 0 Å². The van der Waals surface area contributed by atoms with E-state index in [4.69, 9.17) is 4.74 Å². The molecule has 0 radical (unpaired) electrons. The van der Waals surface area contributed by atoms with Gasteiger partial charge in [0.15, 0.2) is 0 Å². The van der Waals surface area contributed by atoms with E-state index < -0.39 is 0 Å². The Bertz CT molecular complexity index is 194. The van der Waals surface area contributed by atoms with Gasteiger partial charge >= 0.3 is 0 Å². The molecule has 18 heavy (non-hydrogen) atoms. The highest BCUT2D eigenvalue weighted by Crippen LogP contribution is 2.20. The van der Waals surface area contributed by atoms with Crippen molar-refractivity contribution in [3.8, 4) is 0 Å². The van der Waals surface area contributed by atoms with Gasteiger partial charge in [-0.25, -0.2) is 0 Å². The van der Waals surface area contributed by atoms with Gasteiger partial charge in [0, 0.05) is 18.3 Å². The number of hydrogen-bond acceptors (Lipinski definition) is 4. The first-order chi connectivity index (χ1) is 8.84. The summed E-state index contributed by atoms with van der Waals surface area (Å²) in [5, 5.41) is 13.4. The summed E-state index contributed by atoms with van der Waals surface area (Å²) in [5.74, 6) is 2.49. The maximum absolute atomic E-state index is 9.92. The van der Waals surface area contributed by atoms with Crippen LogP contribution in [0.4, 0.5) is 0 Å². The smallest absolute Gasteiger partial charge is 0.0897 e. The quantitative estimate of drug-likeness (QED) is 0.778. The van der Waals surface area contributed by atoms with Gasteiger partial charge in [0.1, 0.15) is 0 Å². The monoisotopic (exact) mass is 273 g/mol. The molecule has 1 aliphatic heterocycles. The minimum atomic E-state index is -0.348. The molecule has 2 aliphatic rings. The molecule has 2 atom stereocenters. The van der Waals surface area contributed by atoms with Gasteiger partial charge in [-0.15, -0.1) is 0 Å². The molecule has 2 fully saturated rings. The first-order valence-electron chi connectivity index (χ1n) is 7.45. The number of ether oxygens (including phenoxy) is 1. The molecule has 1 saturated heterocycles. The van der Waals surface area contributed by atoms with Crippen LogP contribution in [0.5, 0.6) is 0 Å². The fourth-order valence-electron chi connectivity index (χ4n) is 2.74. The van der Waals surface area contributed by atoms with Gasteiger partial charge in [0.05, 0.1) is 18.8 Å². The Labute approximate surface area is 115 Å². The second-order valence-corrected chi connectivity index (χ2v) is 6.72. The van der Waals surface area contributed by atoms with Gasteiger partial charge in [0.25, 0.3) is 0 Å². The largest absolute Gasteiger partial charge is 0.389 e. The number of aliphatic hydroxyl groups is 1. The van der Waals surface area contributed by atoms with Crippen LogP contribution in [0.3, 0.4) is 0 Å². The zero-order chi connectivity index (χ0) is 12.6. The molecule has 4 heteroatoms. The molecule has 0 bridgehead atoms. The Morgan fingerprint density at radius 1 is 1.17 bits per heavy atom. The molecule has 0 amide bonds. The van der Waals surface area contributed by atoms with Crippen molar-refractivity contribution >= 4 is 11.8 Å². The van der Waals surface area contributed by atoms with Crippen LogP contribution in [0.25, 0.3) is 0 Å². The van der Waals surface area contributed by atoms with E-state index in [9.17, 15) is 5.11 Å². The first-order valence-corrected chi connectivity index (χ1v) is 8.61. The first kappa shape index (κ1) is 14.6. The average Bonchev–Trinajstić information content (AvgIpc) is 2.45. The van der Waals surface area contributed by atoms with Crippen molar-refractivity contribution in [3.63, 3.8) is 0 Å². The van der Waals surface area contributed by atoms with Crippen molar-refractivity contribution < 1.29 is 9.84 Å². The van der Waals surface area contributed by atoms with E-state index in [1.54, 1.807) is 0 Å². The highest BCUT2D eigenvalue weighted by molar-refractivity contribution is 7.99. The number of hydrogen-bond donors (Lipinski definition) is 2. The summed E-state index contributed by atoms with van der Waals surface area (Å²) in [4.78, 5) is 0. The van der Waals surface area contributed by atoms with E-state index in [0.717, 1.165) is 0 Å². The van der Waals surface area contributed by atoms with E-state index in [2.05, 4.69) is 5.32 Å². The second kappa shape index (κ2) is 8.41. The molecule has 3 nitrogen and oxygen atoms in total. The predicted octanol–water partition coefficient (Wildman–Crippen LogP) is 2.18. The minimum absolute atomic E-state index is 0.348. The normalized spacial score (nSPS) is 28.2. The Kier molecular flexibility index (Phi) is 6.84. The van der Waals surface area contributed by atoms with Crippen molar-refractivity contribution in [2.45, 2.75) is 63.2 Å². The maximum Gasteiger partial charge on any atom is 0.0897 e. The minimum Gasteiger partial charge on any atom is -0.389 e. The molecule has 106 valence electrons. The lowest BCUT2D eigenvalue weighted by Gasteiger charge is -2.26. The van der Waals surface area contributed by atoms with Crippen LogP contribution in [0.2, 0.25) is 0 Å². The summed E-state index contributed by atoms with van der Waals surface area (Å²) >= 11 is 2.02. The predicted molar refractivity (Wildman–Crippen MR) is 77.2 cm³/mol. The second-order valence-electron chi connectivity index (χ2n) is 5.57. The summed E-state index contributed by atoms with van der Waals surface area (Å²) in [5.41, 5.74) is 0. The molecular formula is C14H27NO2S. The standard InChI is InChI=1S/C14H27NO2S/c16-13(9-15-12-5-4-8-18-11-12)10-17-14-6-2-1-3-7-14/h12-16H,1-11H2. The van der Waals surface area contributed by atoms with Crippen molar-refractivity contribution in [2.75, 3.05) is 24.7 Å².